The van der Waals surface area contributed by atoms with Gasteiger partial charge in [0.1, 0.15) is 0 Å². The van der Waals surface area contributed by atoms with Gasteiger partial charge in [0.15, 0.2) is 23.0 Å². The highest BCUT2D eigenvalue weighted by Crippen LogP contribution is 2.48. The molecule has 2 aromatic carbocycles. The Labute approximate surface area is 202 Å². The molecule has 1 aliphatic rings. The van der Waals surface area contributed by atoms with E-state index in [-0.39, 0.29) is 11.7 Å². The number of pyridine rings is 1. The molecule has 1 fully saturated rings. The molecule has 0 aliphatic carbocycles. The van der Waals surface area contributed by atoms with Gasteiger partial charge in [-0.1, -0.05) is 12.6 Å². The zero-order valence-electron chi connectivity index (χ0n) is 19.7. The predicted octanol–water partition coefficient (Wildman–Crippen LogP) is 3.98. The first-order valence-corrected chi connectivity index (χ1v) is 10.6. The highest BCUT2D eigenvalue weighted by atomic mass is 16.6. The van der Waals surface area contributed by atoms with E-state index in [9.17, 15) is 9.59 Å². The molecule has 0 radical (unpaired) electrons. The molecule has 2 heterocycles. The van der Waals surface area contributed by atoms with Crippen LogP contribution in [0.15, 0.2) is 67.0 Å². The topological polar surface area (TPSA) is 96.4 Å². The van der Waals surface area contributed by atoms with Gasteiger partial charge in [0, 0.05) is 30.1 Å². The molecular formula is C26H24N2O7. The summed E-state index contributed by atoms with van der Waals surface area (Å²) in [5.41, 5.74) is 1.89. The number of carbonyl (C=O) groups excluding carboxylic acids is 2. The second-order valence-electron chi connectivity index (χ2n) is 7.53. The van der Waals surface area contributed by atoms with Gasteiger partial charge < -0.3 is 23.7 Å². The van der Waals surface area contributed by atoms with Crippen LogP contribution in [0.5, 0.6) is 28.7 Å². The molecule has 1 saturated heterocycles. The summed E-state index contributed by atoms with van der Waals surface area (Å²) in [6.45, 7) is 3.95. The van der Waals surface area contributed by atoms with Crippen molar-refractivity contribution >= 4 is 17.6 Å². The van der Waals surface area contributed by atoms with Gasteiger partial charge in [0.05, 0.1) is 45.7 Å². The van der Waals surface area contributed by atoms with Crippen LogP contribution in [0.25, 0.3) is 0 Å². The predicted molar refractivity (Wildman–Crippen MR) is 128 cm³/mol. The van der Waals surface area contributed by atoms with E-state index in [1.807, 2.05) is 0 Å². The summed E-state index contributed by atoms with van der Waals surface area (Å²) in [6, 6.07) is 11.2. The summed E-state index contributed by atoms with van der Waals surface area (Å²) in [6.07, 6.45) is 2.98. The molecule has 3 aromatic rings. The molecule has 180 valence electrons. The largest absolute Gasteiger partial charge is 0.493 e. The van der Waals surface area contributed by atoms with Crippen LogP contribution in [0, 0.1) is 0 Å². The third-order valence-electron chi connectivity index (χ3n) is 5.61. The number of nitrogens with zero attached hydrogens (tertiary/aromatic N) is 2. The Bertz CT molecular complexity index is 1270. The third-order valence-corrected chi connectivity index (χ3v) is 5.61. The first-order chi connectivity index (χ1) is 16.9. The number of anilines is 1. The second kappa shape index (κ2) is 9.76. The van der Waals surface area contributed by atoms with Gasteiger partial charge in [0.2, 0.25) is 5.75 Å². The highest BCUT2D eigenvalue weighted by molar-refractivity contribution is 6.15. The number of hydrogen-bond acceptors (Lipinski definition) is 8. The molecule has 9 nitrogen and oxygen atoms in total. The number of hydrogen-bond donors (Lipinski definition) is 0. The smallest absolute Gasteiger partial charge is 0.345 e. The molecule has 0 unspecified atom stereocenters. The van der Waals surface area contributed by atoms with Crippen LogP contribution in [0.2, 0.25) is 0 Å². The van der Waals surface area contributed by atoms with Crippen molar-refractivity contribution < 1.29 is 33.3 Å². The summed E-state index contributed by atoms with van der Waals surface area (Å²) < 4.78 is 27.2. The number of rotatable bonds is 8. The number of β-lactam (4-membered cyclic amide) rings is 1. The Morgan fingerprint density at radius 3 is 2.17 bits per heavy atom. The van der Waals surface area contributed by atoms with Crippen LogP contribution >= 0.6 is 0 Å². The maximum absolute atomic E-state index is 12.9. The van der Waals surface area contributed by atoms with E-state index >= 15 is 0 Å². The second-order valence-corrected chi connectivity index (χ2v) is 7.53. The number of ether oxygens (including phenoxy) is 5. The number of esters is 1. The molecule has 4 rings (SSSR count). The standard InChI is InChI=1S/C26H24N2O7/c1-15-23(28(25(15)29)18-12-21(32-3)24(34-5)22(13-18)33-4)16-8-9-19(31-2)20(11-16)35-26(30)17-7-6-10-27-14-17/h6-14,23H,1H2,2-5H3/t23-/m1/s1. The van der Waals surface area contributed by atoms with Gasteiger partial charge in [-0.3, -0.25) is 14.7 Å². The van der Waals surface area contributed by atoms with Crippen molar-refractivity contribution in [2.24, 2.45) is 0 Å². The van der Waals surface area contributed by atoms with E-state index in [0.29, 0.717) is 45.4 Å². The molecule has 9 heteroatoms. The number of methoxy groups -OCH3 is 4. The van der Waals surface area contributed by atoms with Gasteiger partial charge >= 0.3 is 5.97 Å². The number of amides is 1. The van der Waals surface area contributed by atoms with Gasteiger partial charge in [-0.05, 0) is 29.8 Å². The quantitative estimate of drug-likeness (QED) is 0.209. The molecular weight excluding hydrogens is 452 g/mol. The zero-order valence-corrected chi connectivity index (χ0v) is 19.7. The van der Waals surface area contributed by atoms with Crippen LogP contribution < -0.4 is 28.6 Å². The lowest BCUT2D eigenvalue weighted by atomic mass is 9.88. The number of benzene rings is 2. The third kappa shape index (κ3) is 4.23. The molecule has 35 heavy (non-hydrogen) atoms. The van der Waals surface area contributed by atoms with Gasteiger partial charge in [-0.15, -0.1) is 0 Å². The Morgan fingerprint density at radius 1 is 0.914 bits per heavy atom. The lowest BCUT2D eigenvalue weighted by Gasteiger charge is -2.42. The maximum Gasteiger partial charge on any atom is 0.345 e. The number of aromatic nitrogens is 1. The fraction of sp³-hybridized carbons (Fsp3) is 0.192. The van der Waals surface area contributed by atoms with E-state index < -0.39 is 12.0 Å². The summed E-state index contributed by atoms with van der Waals surface area (Å²) in [5, 5.41) is 0. The normalized spacial score (nSPS) is 14.7. The van der Waals surface area contributed by atoms with E-state index in [2.05, 4.69) is 11.6 Å². The Morgan fingerprint density at radius 2 is 1.60 bits per heavy atom. The first-order valence-electron chi connectivity index (χ1n) is 10.6. The van der Waals surface area contributed by atoms with Crippen molar-refractivity contribution in [3.05, 3.63) is 78.1 Å². The van der Waals surface area contributed by atoms with Gasteiger partial charge in [-0.25, -0.2) is 4.79 Å². The molecule has 0 N–H and O–H groups in total. The first kappa shape index (κ1) is 23.6. The average molecular weight is 476 g/mol. The fourth-order valence-electron chi connectivity index (χ4n) is 3.89. The monoisotopic (exact) mass is 476 g/mol. The van der Waals surface area contributed by atoms with Crippen molar-refractivity contribution in [3.63, 3.8) is 0 Å². The molecule has 1 atom stereocenters. The minimum absolute atomic E-state index is 0.204. The molecule has 0 saturated carbocycles. The van der Waals surface area contributed by atoms with Crippen LogP contribution in [-0.4, -0.2) is 45.3 Å². The molecule has 1 amide bonds. The van der Waals surface area contributed by atoms with Crippen LogP contribution in [0.3, 0.4) is 0 Å². The molecule has 1 aliphatic heterocycles. The highest BCUT2D eigenvalue weighted by Gasteiger charge is 2.43. The van der Waals surface area contributed by atoms with Crippen molar-refractivity contribution in [1.29, 1.82) is 0 Å². The SMILES string of the molecule is C=C1C(=O)N(c2cc(OC)c(OC)c(OC)c2)[C@H]1c1ccc(OC)c(OC(=O)c2cccnc2)c1. The fourth-order valence-corrected chi connectivity index (χ4v) is 3.89. The molecule has 0 bridgehead atoms. The maximum atomic E-state index is 12.9. The summed E-state index contributed by atoms with van der Waals surface area (Å²) in [4.78, 5) is 31.0. The summed E-state index contributed by atoms with van der Waals surface area (Å²) >= 11 is 0. The van der Waals surface area contributed by atoms with Crippen molar-refractivity contribution in [2.45, 2.75) is 6.04 Å². The van der Waals surface area contributed by atoms with Crippen molar-refractivity contribution in [2.75, 3.05) is 33.3 Å². The van der Waals surface area contributed by atoms with Crippen molar-refractivity contribution in [1.82, 2.24) is 4.98 Å². The Balaban J connectivity index is 1.71. The Kier molecular flexibility index (Phi) is 6.59. The van der Waals surface area contributed by atoms with Crippen LogP contribution in [0.4, 0.5) is 5.69 Å². The lowest BCUT2D eigenvalue weighted by Crippen LogP contribution is -2.48. The zero-order chi connectivity index (χ0) is 25.1. The lowest BCUT2D eigenvalue weighted by molar-refractivity contribution is -0.119. The van der Waals surface area contributed by atoms with E-state index in [1.165, 1.54) is 34.6 Å². The summed E-state index contributed by atoms with van der Waals surface area (Å²) in [7, 11) is 5.99. The van der Waals surface area contributed by atoms with Crippen LogP contribution in [-0.2, 0) is 4.79 Å². The molecule has 0 spiro atoms. The summed E-state index contributed by atoms with van der Waals surface area (Å²) in [5.74, 6) is 0.958. The van der Waals surface area contributed by atoms with E-state index in [4.69, 9.17) is 23.7 Å². The minimum Gasteiger partial charge on any atom is -0.493 e. The van der Waals surface area contributed by atoms with Crippen molar-refractivity contribution in [3.8, 4) is 28.7 Å². The molecule has 1 aromatic heterocycles. The van der Waals surface area contributed by atoms with E-state index in [0.717, 1.165) is 0 Å². The average Bonchev–Trinajstić information content (AvgIpc) is 2.90. The number of carbonyl (C=O) groups is 2. The van der Waals surface area contributed by atoms with Gasteiger partial charge in [-0.2, -0.15) is 0 Å². The van der Waals surface area contributed by atoms with Gasteiger partial charge in [0.25, 0.3) is 5.91 Å². The Hall–Kier alpha value is -4.53. The van der Waals surface area contributed by atoms with E-state index in [1.54, 1.807) is 53.6 Å². The van der Waals surface area contributed by atoms with Crippen LogP contribution in [0.1, 0.15) is 22.0 Å². The minimum atomic E-state index is -0.585.